The van der Waals surface area contributed by atoms with Crippen LogP contribution in [0.3, 0.4) is 0 Å². The third kappa shape index (κ3) is 1.99. The molecular weight excluding hydrogens is 268 g/mol. The molecule has 1 aromatic carbocycles. The second-order valence-electron chi connectivity index (χ2n) is 4.76. The van der Waals surface area contributed by atoms with E-state index in [4.69, 9.17) is 16.3 Å². The summed E-state index contributed by atoms with van der Waals surface area (Å²) in [6.45, 7) is 1.40. The number of ether oxygens (including phenoxy) is 1. The fourth-order valence-corrected chi connectivity index (χ4v) is 2.75. The minimum Gasteiger partial charge on any atom is -0.379 e. The number of rotatable bonds is 2. The molecule has 0 saturated carbocycles. The van der Waals surface area contributed by atoms with E-state index in [2.05, 4.69) is 5.32 Å². The smallest absolute Gasteiger partial charge is 0.296 e. The minimum atomic E-state index is -0.602. The second kappa shape index (κ2) is 4.51. The van der Waals surface area contributed by atoms with Gasteiger partial charge in [0.1, 0.15) is 0 Å². The number of Topliss-reactive ketones (excluding diaryl/α,β-unsaturated/α-hetero) is 1. The lowest BCUT2D eigenvalue weighted by Crippen LogP contribution is -2.32. The number of nitrogens with one attached hydrogen (secondary N) is 1. The third-order valence-electron chi connectivity index (χ3n) is 3.62. The average Bonchev–Trinajstić information content (AvgIpc) is 3.00. The summed E-state index contributed by atoms with van der Waals surface area (Å²) in [4.78, 5) is 25.0. The number of nitrogens with zero attached hydrogens (tertiary/aromatic N) is 1. The van der Waals surface area contributed by atoms with Crippen molar-refractivity contribution in [2.75, 3.05) is 30.5 Å². The van der Waals surface area contributed by atoms with Gasteiger partial charge in [-0.15, -0.1) is 0 Å². The molecule has 2 heterocycles. The molecule has 0 radical (unpaired) electrons. The Bertz CT molecular complexity index is 567. The van der Waals surface area contributed by atoms with Crippen molar-refractivity contribution in [1.29, 1.82) is 0 Å². The Hall–Kier alpha value is -1.59. The van der Waals surface area contributed by atoms with Crippen LogP contribution in [0.15, 0.2) is 12.1 Å². The van der Waals surface area contributed by atoms with Gasteiger partial charge in [0.05, 0.1) is 34.6 Å². The predicted octanol–water partition coefficient (Wildman–Crippen LogP) is 1.70. The number of hydrogen-bond donors (Lipinski definition) is 1. The lowest BCUT2D eigenvalue weighted by atomic mass is 10.1. The van der Waals surface area contributed by atoms with E-state index < -0.39 is 11.7 Å². The van der Waals surface area contributed by atoms with Crippen LogP contribution in [0, 0.1) is 0 Å². The first kappa shape index (κ1) is 12.4. The zero-order valence-electron chi connectivity index (χ0n) is 10.4. The van der Waals surface area contributed by atoms with E-state index in [1.54, 1.807) is 12.1 Å². The normalized spacial score (nSPS) is 21.5. The summed E-state index contributed by atoms with van der Waals surface area (Å²) in [6.07, 6.45) is 0.940. The van der Waals surface area contributed by atoms with E-state index in [0.717, 1.165) is 18.7 Å². The molecule has 1 atom stereocenters. The Labute approximate surface area is 115 Å². The first-order valence-corrected chi connectivity index (χ1v) is 6.45. The van der Waals surface area contributed by atoms with E-state index in [-0.39, 0.29) is 6.04 Å². The summed E-state index contributed by atoms with van der Waals surface area (Å²) in [5, 5.41) is 3.03. The van der Waals surface area contributed by atoms with Gasteiger partial charge in [0, 0.05) is 13.7 Å². The number of hydrogen-bond acceptors (Lipinski definition) is 4. The summed E-state index contributed by atoms with van der Waals surface area (Å²) in [5.74, 6) is -1.13. The molecule has 1 unspecified atom stereocenters. The van der Waals surface area contributed by atoms with Crippen LogP contribution in [-0.2, 0) is 9.53 Å². The lowest BCUT2D eigenvalue weighted by Gasteiger charge is -2.26. The molecule has 5 nitrogen and oxygen atoms in total. The summed E-state index contributed by atoms with van der Waals surface area (Å²) in [6, 6.07) is 3.57. The number of benzene rings is 1. The summed E-state index contributed by atoms with van der Waals surface area (Å²) in [5.41, 5.74) is 1.67. The Morgan fingerprint density at radius 1 is 1.42 bits per heavy atom. The third-order valence-corrected chi connectivity index (χ3v) is 3.92. The van der Waals surface area contributed by atoms with Crippen molar-refractivity contribution in [3.8, 4) is 0 Å². The highest BCUT2D eigenvalue weighted by Crippen LogP contribution is 2.36. The number of ketones is 1. The number of carbonyl (C=O) groups excluding carboxylic acids is 2. The quantitative estimate of drug-likeness (QED) is 0.838. The van der Waals surface area contributed by atoms with E-state index in [0.29, 0.717) is 22.9 Å². The molecule has 1 N–H and O–H groups in total. The van der Waals surface area contributed by atoms with E-state index in [1.165, 1.54) is 0 Å². The zero-order chi connectivity index (χ0) is 13.6. The van der Waals surface area contributed by atoms with Crippen molar-refractivity contribution in [1.82, 2.24) is 0 Å². The molecule has 19 heavy (non-hydrogen) atoms. The van der Waals surface area contributed by atoms with Crippen molar-refractivity contribution in [2.24, 2.45) is 0 Å². The molecule has 100 valence electrons. The highest BCUT2D eigenvalue weighted by molar-refractivity contribution is 6.52. The number of anilines is 2. The molecule has 3 rings (SSSR count). The zero-order valence-corrected chi connectivity index (χ0v) is 11.2. The number of amides is 1. The maximum absolute atomic E-state index is 11.6. The molecular formula is C13H13ClN2O3. The van der Waals surface area contributed by atoms with Gasteiger partial charge in [-0.3, -0.25) is 9.59 Å². The van der Waals surface area contributed by atoms with E-state index in [1.807, 2.05) is 11.9 Å². The van der Waals surface area contributed by atoms with Crippen LogP contribution in [0.5, 0.6) is 0 Å². The molecule has 1 amide bonds. The topological polar surface area (TPSA) is 58.6 Å². The summed E-state index contributed by atoms with van der Waals surface area (Å²) < 4.78 is 5.36. The summed E-state index contributed by atoms with van der Waals surface area (Å²) in [7, 11) is 1.94. The van der Waals surface area contributed by atoms with Gasteiger partial charge < -0.3 is 15.0 Å². The molecule has 6 heteroatoms. The Morgan fingerprint density at radius 3 is 2.89 bits per heavy atom. The highest BCUT2D eigenvalue weighted by Gasteiger charge is 2.30. The fourth-order valence-electron chi connectivity index (χ4n) is 2.45. The Balaban J connectivity index is 1.97. The maximum Gasteiger partial charge on any atom is 0.296 e. The number of likely N-dealkylation sites (N-methyl/N-ethyl adjacent to an activating group) is 1. The van der Waals surface area contributed by atoms with Crippen LogP contribution in [0.2, 0.25) is 5.02 Å². The summed E-state index contributed by atoms with van der Waals surface area (Å²) >= 11 is 6.22. The van der Waals surface area contributed by atoms with Crippen LogP contribution in [-0.4, -0.2) is 38.0 Å². The highest BCUT2D eigenvalue weighted by atomic mass is 35.5. The standard InChI is InChI=1S/C13H13ClN2O3/c1-16(7-2-3-19-6-7)11-5-10-8(4-9(11)14)12(17)13(18)15-10/h4-5,7H,2-3,6H2,1H3,(H,15,17,18). The first-order chi connectivity index (χ1) is 9.08. The first-order valence-electron chi connectivity index (χ1n) is 6.07. The monoisotopic (exact) mass is 280 g/mol. The van der Waals surface area contributed by atoms with Crippen LogP contribution in [0.1, 0.15) is 16.8 Å². The van der Waals surface area contributed by atoms with Crippen LogP contribution in [0.4, 0.5) is 11.4 Å². The van der Waals surface area contributed by atoms with Crippen molar-refractivity contribution in [3.63, 3.8) is 0 Å². The van der Waals surface area contributed by atoms with Crippen molar-refractivity contribution < 1.29 is 14.3 Å². The Kier molecular flexibility index (Phi) is 2.95. The van der Waals surface area contributed by atoms with Crippen LogP contribution in [0.25, 0.3) is 0 Å². The van der Waals surface area contributed by atoms with Crippen LogP contribution < -0.4 is 10.2 Å². The van der Waals surface area contributed by atoms with Crippen molar-refractivity contribution >= 4 is 34.7 Å². The molecule has 2 aliphatic rings. The fraction of sp³-hybridized carbons (Fsp3) is 0.385. The second-order valence-corrected chi connectivity index (χ2v) is 5.17. The molecule has 1 fully saturated rings. The van der Waals surface area contributed by atoms with Crippen molar-refractivity contribution in [2.45, 2.75) is 12.5 Å². The molecule has 0 aromatic heterocycles. The maximum atomic E-state index is 11.6. The number of carbonyl (C=O) groups is 2. The Morgan fingerprint density at radius 2 is 2.21 bits per heavy atom. The molecule has 1 aromatic rings. The van der Waals surface area contributed by atoms with Gasteiger partial charge in [0.2, 0.25) is 0 Å². The van der Waals surface area contributed by atoms with E-state index >= 15 is 0 Å². The van der Waals surface area contributed by atoms with Crippen LogP contribution >= 0.6 is 11.6 Å². The number of fused-ring (bicyclic) bond motifs is 1. The number of halogens is 1. The van der Waals surface area contributed by atoms with Crippen molar-refractivity contribution in [3.05, 3.63) is 22.7 Å². The van der Waals surface area contributed by atoms with Gasteiger partial charge in [0.15, 0.2) is 0 Å². The van der Waals surface area contributed by atoms with Gasteiger partial charge in [0.25, 0.3) is 11.7 Å². The SMILES string of the molecule is CN(c1cc2c(cc1Cl)C(=O)C(=O)N2)C1CCOC1. The largest absolute Gasteiger partial charge is 0.379 e. The minimum absolute atomic E-state index is 0.267. The molecule has 1 saturated heterocycles. The molecule has 0 spiro atoms. The molecule has 0 bridgehead atoms. The molecule has 0 aliphatic carbocycles. The van der Waals surface area contributed by atoms with Gasteiger partial charge in [-0.2, -0.15) is 0 Å². The van der Waals surface area contributed by atoms with Gasteiger partial charge in [-0.05, 0) is 18.6 Å². The van der Waals surface area contributed by atoms with E-state index in [9.17, 15) is 9.59 Å². The predicted molar refractivity (Wildman–Crippen MR) is 72.0 cm³/mol. The van der Waals surface area contributed by atoms with Gasteiger partial charge in [-0.1, -0.05) is 11.6 Å². The molecule has 2 aliphatic heterocycles. The van der Waals surface area contributed by atoms with Gasteiger partial charge in [-0.25, -0.2) is 0 Å². The lowest BCUT2D eigenvalue weighted by molar-refractivity contribution is -0.112. The average molecular weight is 281 g/mol. The van der Waals surface area contributed by atoms with Gasteiger partial charge >= 0.3 is 0 Å².